The predicted octanol–water partition coefficient (Wildman–Crippen LogP) is 3.17. The van der Waals surface area contributed by atoms with E-state index in [-0.39, 0.29) is 0 Å². The van der Waals surface area contributed by atoms with Crippen molar-refractivity contribution in [3.63, 3.8) is 0 Å². The van der Waals surface area contributed by atoms with Crippen molar-refractivity contribution in [2.24, 2.45) is 5.92 Å². The molecule has 0 aromatic heterocycles. The van der Waals surface area contributed by atoms with E-state index in [0.29, 0.717) is 0 Å². The Morgan fingerprint density at radius 1 is 0.944 bits per heavy atom. The summed E-state index contributed by atoms with van der Waals surface area (Å²) in [6.45, 7) is 5.93. The van der Waals surface area contributed by atoms with Gasteiger partial charge in [-0.05, 0) is 63.8 Å². The van der Waals surface area contributed by atoms with E-state index in [1.807, 2.05) is 0 Å². The lowest BCUT2D eigenvalue weighted by Crippen LogP contribution is -2.52. The number of rotatable bonds is 4. The molecule has 2 bridgehead atoms. The Hall–Kier alpha value is -0.0800. The third kappa shape index (κ3) is 2.46. The van der Waals surface area contributed by atoms with Crippen LogP contribution in [0.2, 0.25) is 0 Å². The van der Waals surface area contributed by atoms with Crippen LogP contribution in [0.15, 0.2) is 0 Å². The minimum Gasteiger partial charge on any atom is -0.314 e. The molecule has 0 amide bonds. The number of piperidine rings is 1. The molecular weight excluding hydrogens is 220 g/mol. The van der Waals surface area contributed by atoms with Crippen molar-refractivity contribution >= 4 is 0 Å². The molecule has 1 N–H and O–H groups in total. The number of nitrogens with zero attached hydrogens (tertiary/aromatic N) is 1. The van der Waals surface area contributed by atoms with E-state index >= 15 is 0 Å². The van der Waals surface area contributed by atoms with E-state index in [1.54, 1.807) is 0 Å². The molecule has 3 aliphatic rings. The summed E-state index contributed by atoms with van der Waals surface area (Å²) in [5.74, 6) is 0.977. The van der Waals surface area contributed by atoms with Gasteiger partial charge in [-0.25, -0.2) is 0 Å². The molecule has 0 radical (unpaired) electrons. The van der Waals surface area contributed by atoms with Gasteiger partial charge in [0.25, 0.3) is 0 Å². The highest BCUT2D eigenvalue weighted by molar-refractivity contribution is 5.01. The lowest BCUT2D eigenvalue weighted by atomic mass is 9.94. The van der Waals surface area contributed by atoms with Gasteiger partial charge in [0.15, 0.2) is 0 Å². The highest BCUT2D eigenvalue weighted by Crippen LogP contribution is 2.42. The SMILES string of the molecule is CCCNC1CC2CCC(C1)N2C1CCC(C)C1. The molecule has 2 aliphatic heterocycles. The average molecular weight is 250 g/mol. The molecular formula is C16H30N2. The first-order chi connectivity index (χ1) is 8.78. The molecule has 2 heterocycles. The molecule has 4 unspecified atom stereocenters. The molecule has 104 valence electrons. The van der Waals surface area contributed by atoms with E-state index in [2.05, 4.69) is 24.1 Å². The van der Waals surface area contributed by atoms with Crippen LogP contribution in [0.5, 0.6) is 0 Å². The van der Waals surface area contributed by atoms with Crippen LogP contribution in [0, 0.1) is 5.92 Å². The van der Waals surface area contributed by atoms with Crippen LogP contribution in [0.1, 0.15) is 65.2 Å². The predicted molar refractivity (Wildman–Crippen MR) is 76.8 cm³/mol. The fraction of sp³-hybridized carbons (Fsp3) is 1.00. The molecule has 0 aromatic rings. The van der Waals surface area contributed by atoms with Crippen molar-refractivity contribution in [2.75, 3.05) is 6.54 Å². The number of fused-ring (bicyclic) bond motifs is 2. The van der Waals surface area contributed by atoms with Gasteiger partial charge >= 0.3 is 0 Å². The average Bonchev–Trinajstić information content (AvgIpc) is 2.88. The minimum atomic E-state index is 0.817. The molecule has 2 saturated heterocycles. The van der Waals surface area contributed by atoms with Gasteiger partial charge in [-0.2, -0.15) is 0 Å². The second-order valence-corrected chi connectivity index (χ2v) is 7.03. The van der Waals surface area contributed by atoms with Crippen molar-refractivity contribution in [3.8, 4) is 0 Å². The van der Waals surface area contributed by atoms with Crippen molar-refractivity contribution in [1.82, 2.24) is 10.2 Å². The Kier molecular flexibility index (Phi) is 3.95. The first-order valence-corrected chi connectivity index (χ1v) is 8.28. The van der Waals surface area contributed by atoms with Gasteiger partial charge in [0, 0.05) is 24.2 Å². The first kappa shape index (κ1) is 12.9. The van der Waals surface area contributed by atoms with Crippen LogP contribution < -0.4 is 5.32 Å². The van der Waals surface area contributed by atoms with E-state index in [9.17, 15) is 0 Å². The van der Waals surface area contributed by atoms with Gasteiger partial charge in [-0.1, -0.05) is 13.8 Å². The molecule has 0 aromatic carbocycles. The third-order valence-electron chi connectivity index (χ3n) is 5.56. The van der Waals surface area contributed by atoms with Gasteiger partial charge in [0.05, 0.1) is 0 Å². The molecule has 1 saturated carbocycles. The maximum absolute atomic E-state index is 3.77. The number of nitrogens with one attached hydrogen (secondary N) is 1. The zero-order valence-corrected chi connectivity index (χ0v) is 12.2. The highest BCUT2D eigenvalue weighted by Gasteiger charge is 2.44. The molecule has 1 aliphatic carbocycles. The summed E-state index contributed by atoms with van der Waals surface area (Å²) in [6.07, 6.45) is 11.5. The zero-order chi connectivity index (χ0) is 12.5. The fourth-order valence-electron chi connectivity index (χ4n) is 4.77. The molecule has 2 heteroatoms. The number of hydrogen-bond donors (Lipinski definition) is 1. The Labute approximate surface area is 113 Å². The van der Waals surface area contributed by atoms with E-state index in [1.165, 1.54) is 57.9 Å². The lowest BCUT2D eigenvalue weighted by molar-refractivity contribution is 0.0708. The third-order valence-corrected chi connectivity index (χ3v) is 5.56. The molecule has 4 atom stereocenters. The summed E-state index contributed by atoms with van der Waals surface area (Å²) in [6, 6.07) is 3.57. The van der Waals surface area contributed by atoms with Crippen molar-refractivity contribution in [1.29, 1.82) is 0 Å². The van der Waals surface area contributed by atoms with Crippen molar-refractivity contribution in [3.05, 3.63) is 0 Å². The van der Waals surface area contributed by atoms with Gasteiger partial charge in [-0.15, -0.1) is 0 Å². The Bertz CT molecular complexity index is 264. The molecule has 3 fully saturated rings. The van der Waals surface area contributed by atoms with E-state index < -0.39 is 0 Å². The smallest absolute Gasteiger partial charge is 0.0116 e. The zero-order valence-electron chi connectivity index (χ0n) is 12.2. The maximum Gasteiger partial charge on any atom is 0.0116 e. The standard InChI is InChI=1S/C16H30N2/c1-3-8-17-13-10-15-6-7-16(11-13)18(15)14-5-4-12(2)9-14/h12-17H,3-11H2,1-2H3. The Balaban J connectivity index is 1.59. The summed E-state index contributed by atoms with van der Waals surface area (Å²) in [5, 5.41) is 3.77. The largest absolute Gasteiger partial charge is 0.314 e. The fourth-order valence-corrected chi connectivity index (χ4v) is 4.77. The van der Waals surface area contributed by atoms with Gasteiger partial charge in [0.1, 0.15) is 0 Å². The van der Waals surface area contributed by atoms with E-state index in [0.717, 1.165) is 30.1 Å². The Morgan fingerprint density at radius 3 is 2.11 bits per heavy atom. The summed E-state index contributed by atoms with van der Waals surface area (Å²) >= 11 is 0. The topological polar surface area (TPSA) is 15.3 Å². The summed E-state index contributed by atoms with van der Waals surface area (Å²) in [7, 11) is 0. The van der Waals surface area contributed by atoms with Crippen molar-refractivity contribution in [2.45, 2.75) is 89.4 Å². The van der Waals surface area contributed by atoms with Crippen LogP contribution in [0.4, 0.5) is 0 Å². The monoisotopic (exact) mass is 250 g/mol. The lowest BCUT2D eigenvalue weighted by Gasteiger charge is -2.43. The second-order valence-electron chi connectivity index (χ2n) is 7.03. The summed E-state index contributed by atoms with van der Waals surface area (Å²) in [5.41, 5.74) is 0. The summed E-state index contributed by atoms with van der Waals surface area (Å²) in [4.78, 5) is 2.95. The molecule has 2 nitrogen and oxygen atoms in total. The second kappa shape index (κ2) is 5.50. The summed E-state index contributed by atoms with van der Waals surface area (Å²) < 4.78 is 0. The van der Waals surface area contributed by atoms with Gasteiger partial charge < -0.3 is 5.32 Å². The van der Waals surface area contributed by atoms with Gasteiger partial charge in [0.2, 0.25) is 0 Å². The quantitative estimate of drug-likeness (QED) is 0.824. The van der Waals surface area contributed by atoms with Gasteiger partial charge in [-0.3, -0.25) is 4.90 Å². The Morgan fingerprint density at radius 2 is 1.56 bits per heavy atom. The highest BCUT2D eigenvalue weighted by atomic mass is 15.3. The van der Waals surface area contributed by atoms with Crippen LogP contribution in [-0.2, 0) is 0 Å². The van der Waals surface area contributed by atoms with E-state index in [4.69, 9.17) is 0 Å². The molecule has 3 rings (SSSR count). The molecule has 18 heavy (non-hydrogen) atoms. The minimum absolute atomic E-state index is 0.817. The van der Waals surface area contributed by atoms with Crippen LogP contribution in [0.3, 0.4) is 0 Å². The van der Waals surface area contributed by atoms with Crippen LogP contribution in [-0.4, -0.2) is 35.6 Å². The van der Waals surface area contributed by atoms with Crippen molar-refractivity contribution < 1.29 is 0 Å². The number of hydrogen-bond acceptors (Lipinski definition) is 2. The normalized spacial score (nSPS) is 44.7. The van der Waals surface area contributed by atoms with Crippen LogP contribution in [0.25, 0.3) is 0 Å². The van der Waals surface area contributed by atoms with Crippen LogP contribution >= 0.6 is 0 Å². The molecule has 0 spiro atoms. The first-order valence-electron chi connectivity index (χ1n) is 8.28. The maximum atomic E-state index is 3.77.